The number of morpholine rings is 1. The number of carbonyl (C=O) groups is 1. The summed E-state index contributed by atoms with van der Waals surface area (Å²) in [5.74, 6) is -0.754. The Morgan fingerprint density at radius 2 is 1.77 bits per heavy atom. The molecule has 1 atom stereocenters. The molecule has 1 unspecified atom stereocenters. The largest absolute Gasteiger partial charge is 0.458 e. The number of rotatable bonds is 5. The number of sulfonamides is 1. The predicted molar refractivity (Wildman–Crippen MR) is 108 cm³/mol. The molecule has 1 aromatic carbocycles. The van der Waals surface area contributed by atoms with Crippen molar-refractivity contribution in [2.45, 2.75) is 23.8 Å². The van der Waals surface area contributed by atoms with E-state index in [9.17, 15) is 17.6 Å². The highest BCUT2D eigenvalue weighted by molar-refractivity contribution is 7.89. The molecule has 1 amide bonds. The number of likely N-dealkylation sites (tertiary alicyclic amines) is 1. The van der Waals surface area contributed by atoms with Crippen LogP contribution in [0.4, 0.5) is 4.39 Å². The van der Waals surface area contributed by atoms with Crippen molar-refractivity contribution >= 4 is 15.9 Å². The third-order valence-corrected chi connectivity index (χ3v) is 7.16. The van der Waals surface area contributed by atoms with Crippen molar-refractivity contribution in [1.82, 2.24) is 19.2 Å². The molecule has 2 aliphatic heterocycles. The van der Waals surface area contributed by atoms with Crippen LogP contribution in [0.1, 0.15) is 23.2 Å². The molecule has 2 aromatic rings. The number of hydrogen-bond acceptors (Lipinski definition) is 7. The second-order valence-corrected chi connectivity index (χ2v) is 9.30. The smallest absolute Gasteiger partial charge is 0.316 e. The van der Waals surface area contributed by atoms with Crippen molar-refractivity contribution < 1.29 is 27.1 Å². The van der Waals surface area contributed by atoms with Crippen LogP contribution in [0.5, 0.6) is 6.01 Å². The van der Waals surface area contributed by atoms with E-state index in [1.165, 1.54) is 28.6 Å². The number of benzene rings is 1. The molecule has 0 bridgehead atoms. The summed E-state index contributed by atoms with van der Waals surface area (Å²) in [5.41, 5.74) is 0.402. The van der Waals surface area contributed by atoms with Gasteiger partial charge < -0.3 is 14.4 Å². The number of nitrogens with zero attached hydrogens (tertiary/aromatic N) is 4. The summed E-state index contributed by atoms with van der Waals surface area (Å²) in [6.07, 6.45) is 3.22. The van der Waals surface area contributed by atoms with Gasteiger partial charge in [0.25, 0.3) is 5.91 Å². The van der Waals surface area contributed by atoms with Crippen molar-refractivity contribution in [2.24, 2.45) is 0 Å². The molecule has 0 aliphatic carbocycles. The zero-order valence-electron chi connectivity index (χ0n) is 16.8. The first-order valence-electron chi connectivity index (χ1n) is 10.0. The third kappa shape index (κ3) is 5.00. The Labute approximate surface area is 179 Å². The van der Waals surface area contributed by atoms with Gasteiger partial charge in [0, 0.05) is 25.2 Å². The summed E-state index contributed by atoms with van der Waals surface area (Å²) in [6.45, 7) is 2.28. The Kier molecular flexibility index (Phi) is 6.44. The van der Waals surface area contributed by atoms with Crippen molar-refractivity contribution in [3.8, 4) is 6.01 Å². The van der Waals surface area contributed by atoms with Crippen LogP contribution in [-0.4, -0.2) is 79.0 Å². The number of hydrogen-bond donors (Lipinski definition) is 0. The Balaban J connectivity index is 1.41. The number of ether oxygens (including phenoxy) is 2. The minimum Gasteiger partial charge on any atom is -0.458 e. The molecule has 4 rings (SSSR count). The second kappa shape index (κ2) is 9.25. The van der Waals surface area contributed by atoms with Gasteiger partial charge in [-0.25, -0.2) is 22.8 Å². The van der Waals surface area contributed by atoms with E-state index in [-0.39, 0.29) is 22.9 Å². The molecule has 31 heavy (non-hydrogen) atoms. The van der Waals surface area contributed by atoms with Crippen LogP contribution < -0.4 is 4.74 Å². The van der Waals surface area contributed by atoms with Crippen LogP contribution in [-0.2, 0) is 14.8 Å². The normalized spacial score (nSPS) is 20.4. The number of piperidine rings is 1. The number of aromatic nitrogens is 2. The van der Waals surface area contributed by atoms with Crippen LogP contribution >= 0.6 is 0 Å². The lowest BCUT2D eigenvalue weighted by molar-refractivity contribution is 0.0515. The van der Waals surface area contributed by atoms with Crippen LogP contribution in [0, 0.1) is 5.82 Å². The first-order valence-corrected chi connectivity index (χ1v) is 11.5. The van der Waals surface area contributed by atoms with E-state index >= 15 is 0 Å². The molecule has 0 N–H and O–H groups in total. The SMILES string of the molecule is O=C(c1ccc(S(=O)(=O)N2CCOCC2)cc1)N1CCCC(Oc2ncc(F)cn2)C1. The maximum absolute atomic E-state index is 12.9. The van der Waals surface area contributed by atoms with Crippen molar-refractivity contribution in [2.75, 3.05) is 39.4 Å². The molecular weight excluding hydrogens is 427 g/mol. The molecule has 2 saturated heterocycles. The van der Waals surface area contributed by atoms with E-state index in [1.807, 2.05) is 0 Å². The van der Waals surface area contributed by atoms with Gasteiger partial charge in [-0.05, 0) is 37.1 Å². The van der Waals surface area contributed by atoms with Crippen LogP contribution in [0.2, 0.25) is 0 Å². The average molecular weight is 450 g/mol. The molecule has 0 spiro atoms. The van der Waals surface area contributed by atoms with Crippen LogP contribution in [0.15, 0.2) is 41.6 Å². The van der Waals surface area contributed by atoms with Gasteiger partial charge in [-0.15, -0.1) is 0 Å². The zero-order valence-corrected chi connectivity index (χ0v) is 17.6. The summed E-state index contributed by atoms with van der Waals surface area (Å²) >= 11 is 0. The van der Waals surface area contributed by atoms with E-state index in [0.29, 0.717) is 45.0 Å². The fourth-order valence-electron chi connectivity index (χ4n) is 3.62. The lowest BCUT2D eigenvalue weighted by atomic mass is 10.1. The fraction of sp³-hybridized carbons (Fsp3) is 0.450. The average Bonchev–Trinajstić information content (AvgIpc) is 2.81. The Hall–Kier alpha value is -2.63. The summed E-state index contributed by atoms with van der Waals surface area (Å²) < 4.78 is 50.7. The molecule has 3 heterocycles. The Bertz CT molecular complexity index is 1010. The van der Waals surface area contributed by atoms with Crippen LogP contribution in [0.25, 0.3) is 0 Å². The maximum atomic E-state index is 12.9. The summed E-state index contributed by atoms with van der Waals surface area (Å²) in [6, 6.07) is 6.05. The summed E-state index contributed by atoms with van der Waals surface area (Å²) in [7, 11) is -3.61. The minimum absolute atomic E-state index is 0.0679. The lowest BCUT2D eigenvalue weighted by Gasteiger charge is -2.32. The topological polar surface area (TPSA) is 102 Å². The number of carbonyl (C=O) groups excluding carboxylic acids is 1. The zero-order chi connectivity index (χ0) is 21.8. The van der Waals surface area contributed by atoms with Gasteiger partial charge in [-0.2, -0.15) is 4.31 Å². The summed E-state index contributed by atoms with van der Waals surface area (Å²) in [5, 5.41) is 0. The Morgan fingerprint density at radius 1 is 1.10 bits per heavy atom. The van der Waals surface area contributed by atoms with E-state index in [4.69, 9.17) is 9.47 Å². The van der Waals surface area contributed by atoms with E-state index in [2.05, 4.69) is 9.97 Å². The molecule has 11 heteroatoms. The lowest BCUT2D eigenvalue weighted by Crippen LogP contribution is -2.44. The van der Waals surface area contributed by atoms with Crippen LogP contribution in [0.3, 0.4) is 0 Å². The molecule has 2 fully saturated rings. The highest BCUT2D eigenvalue weighted by Crippen LogP contribution is 2.21. The molecule has 0 saturated carbocycles. The highest BCUT2D eigenvalue weighted by atomic mass is 32.2. The van der Waals surface area contributed by atoms with Gasteiger partial charge in [0.15, 0.2) is 5.82 Å². The van der Waals surface area contributed by atoms with E-state index < -0.39 is 15.8 Å². The molecule has 9 nitrogen and oxygen atoms in total. The Morgan fingerprint density at radius 3 is 2.45 bits per heavy atom. The third-order valence-electron chi connectivity index (χ3n) is 5.24. The van der Waals surface area contributed by atoms with E-state index in [1.54, 1.807) is 4.90 Å². The number of amides is 1. The molecule has 166 valence electrons. The fourth-order valence-corrected chi connectivity index (χ4v) is 5.03. The van der Waals surface area contributed by atoms with Gasteiger partial charge in [-0.1, -0.05) is 0 Å². The first kappa shape index (κ1) is 21.6. The monoisotopic (exact) mass is 450 g/mol. The van der Waals surface area contributed by atoms with Crippen molar-refractivity contribution in [3.63, 3.8) is 0 Å². The quantitative estimate of drug-likeness (QED) is 0.677. The van der Waals surface area contributed by atoms with Crippen molar-refractivity contribution in [3.05, 3.63) is 48.0 Å². The molecule has 0 radical (unpaired) electrons. The predicted octanol–water partition coefficient (Wildman–Crippen LogP) is 1.32. The standard InChI is InChI=1S/C20H23FN4O5S/c21-16-12-22-20(23-13-16)30-17-2-1-7-24(14-17)19(26)15-3-5-18(6-4-15)31(27,28)25-8-10-29-11-9-25/h3-6,12-13,17H,1-2,7-11,14H2. The molecule has 1 aromatic heterocycles. The minimum atomic E-state index is -3.61. The van der Waals surface area contributed by atoms with Gasteiger partial charge >= 0.3 is 6.01 Å². The maximum Gasteiger partial charge on any atom is 0.316 e. The molecule has 2 aliphatic rings. The van der Waals surface area contributed by atoms with E-state index in [0.717, 1.165) is 25.2 Å². The number of halogens is 1. The molecular formula is C20H23FN4O5S. The van der Waals surface area contributed by atoms with Gasteiger partial charge in [0.05, 0.1) is 37.0 Å². The second-order valence-electron chi connectivity index (χ2n) is 7.36. The first-order chi connectivity index (χ1) is 14.9. The van der Waals surface area contributed by atoms with Crippen molar-refractivity contribution in [1.29, 1.82) is 0 Å². The van der Waals surface area contributed by atoms with Gasteiger partial charge in [0.2, 0.25) is 10.0 Å². The van der Waals surface area contributed by atoms with Gasteiger partial charge in [0.1, 0.15) is 6.10 Å². The van der Waals surface area contributed by atoms with Gasteiger partial charge in [-0.3, -0.25) is 4.79 Å². The summed E-state index contributed by atoms with van der Waals surface area (Å²) in [4.78, 5) is 22.3. The highest BCUT2D eigenvalue weighted by Gasteiger charge is 2.28.